The first-order valence-corrected chi connectivity index (χ1v) is 7.82. The van der Waals surface area contributed by atoms with Gasteiger partial charge in [0.1, 0.15) is 11.2 Å². The second kappa shape index (κ2) is 5.13. The molecule has 2 atom stereocenters. The molecule has 18 heavy (non-hydrogen) atoms. The van der Waals surface area contributed by atoms with E-state index in [0.717, 1.165) is 12.8 Å². The van der Waals surface area contributed by atoms with E-state index < -0.39 is 0 Å². The van der Waals surface area contributed by atoms with Crippen molar-refractivity contribution in [3.05, 3.63) is 0 Å². The SMILES string of the molecule is CCC1(C)CC2(CCCCC2)CC(C)(CC)OO1. The van der Waals surface area contributed by atoms with Crippen molar-refractivity contribution >= 4 is 0 Å². The molecule has 0 bridgehead atoms. The van der Waals surface area contributed by atoms with Crippen molar-refractivity contribution in [3.8, 4) is 0 Å². The molecule has 0 amide bonds. The first-order valence-electron chi connectivity index (χ1n) is 7.82. The lowest BCUT2D eigenvalue weighted by Crippen LogP contribution is -2.37. The van der Waals surface area contributed by atoms with Crippen LogP contribution in [0, 0.1) is 5.41 Å². The average Bonchev–Trinajstić information content (AvgIpc) is 2.47. The summed E-state index contributed by atoms with van der Waals surface area (Å²) in [6.45, 7) is 8.89. The third kappa shape index (κ3) is 2.91. The van der Waals surface area contributed by atoms with Gasteiger partial charge in [-0.3, -0.25) is 0 Å². The molecule has 2 fully saturated rings. The summed E-state index contributed by atoms with van der Waals surface area (Å²) in [6.07, 6.45) is 11.3. The Hall–Kier alpha value is -0.0800. The molecule has 2 aliphatic rings. The molecular weight excluding hydrogens is 224 g/mol. The Balaban J connectivity index is 2.24. The molecule has 1 saturated heterocycles. The minimum atomic E-state index is -0.0930. The van der Waals surface area contributed by atoms with Crippen LogP contribution in [0.2, 0.25) is 0 Å². The first-order chi connectivity index (χ1) is 8.45. The molecule has 2 nitrogen and oxygen atoms in total. The van der Waals surface area contributed by atoms with Crippen LogP contribution in [-0.4, -0.2) is 11.2 Å². The van der Waals surface area contributed by atoms with Crippen LogP contribution in [0.3, 0.4) is 0 Å². The van der Waals surface area contributed by atoms with Crippen molar-refractivity contribution in [2.45, 2.75) is 96.7 Å². The van der Waals surface area contributed by atoms with E-state index in [0.29, 0.717) is 5.41 Å². The van der Waals surface area contributed by atoms with Gasteiger partial charge in [-0.15, -0.1) is 0 Å². The monoisotopic (exact) mass is 254 g/mol. The quantitative estimate of drug-likeness (QED) is 0.644. The molecule has 0 aromatic rings. The van der Waals surface area contributed by atoms with Gasteiger partial charge in [0.05, 0.1) is 0 Å². The van der Waals surface area contributed by atoms with Crippen LogP contribution in [0.1, 0.15) is 85.5 Å². The summed E-state index contributed by atoms with van der Waals surface area (Å²) in [6, 6.07) is 0. The number of hydrogen-bond acceptors (Lipinski definition) is 2. The first kappa shape index (κ1) is 14.3. The second-order valence-corrected chi connectivity index (χ2v) is 7.19. The van der Waals surface area contributed by atoms with Crippen LogP contribution in [0.5, 0.6) is 0 Å². The van der Waals surface area contributed by atoms with Crippen molar-refractivity contribution in [1.29, 1.82) is 0 Å². The van der Waals surface area contributed by atoms with E-state index in [1.54, 1.807) is 0 Å². The zero-order valence-corrected chi connectivity index (χ0v) is 12.7. The molecule has 1 heterocycles. The van der Waals surface area contributed by atoms with Crippen molar-refractivity contribution in [2.24, 2.45) is 5.41 Å². The number of rotatable bonds is 2. The highest BCUT2D eigenvalue weighted by atomic mass is 17.2. The Morgan fingerprint density at radius 1 is 0.778 bits per heavy atom. The molecular formula is C16H30O2. The van der Waals surface area contributed by atoms with Crippen LogP contribution in [0.25, 0.3) is 0 Å². The Morgan fingerprint density at radius 2 is 1.22 bits per heavy atom. The van der Waals surface area contributed by atoms with Gasteiger partial charge in [-0.25, -0.2) is 9.78 Å². The highest BCUT2D eigenvalue weighted by Gasteiger charge is 2.48. The summed E-state index contributed by atoms with van der Waals surface area (Å²) in [4.78, 5) is 11.7. The standard InChI is InChI=1S/C16H30O2/c1-5-14(3)12-16(10-8-7-9-11-16)13-15(4,6-2)18-17-14/h5-13H2,1-4H3. The fraction of sp³-hybridized carbons (Fsp3) is 1.00. The van der Waals surface area contributed by atoms with E-state index in [4.69, 9.17) is 9.78 Å². The molecule has 0 aromatic carbocycles. The van der Waals surface area contributed by atoms with Crippen LogP contribution in [-0.2, 0) is 9.78 Å². The topological polar surface area (TPSA) is 18.5 Å². The molecule has 2 heteroatoms. The molecule has 1 aliphatic heterocycles. The summed E-state index contributed by atoms with van der Waals surface area (Å²) in [5, 5.41) is 0. The molecule has 0 radical (unpaired) electrons. The van der Waals surface area contributed by atoms with Crippen LogP contribution < -0.4 is 0 Å². The number of hydrogen-bond donors (Lipinski definition) is 0. The Kier molecular flexibility index (Phi) is 4.08. The van der Waals surface area contributed by atoms with Gasteiger partial charge in [-0.1, -0.05) is 33.1 Å². The zero-order valence-electron chi connectivity index (χ0n) is 12.7. The lowest BCUT2D eigenvalue weighted by molar-refractivity contribution is -0.401. The summed E-state index contributed by atoms with van der Waals surface area (Å²) in [5.41, 5.74) is 0.277. The molecule has 106 valence electrons. The Bertz CT molecular complexity index is 261. The van der Waals surface area contributed by atoms with Crippen molar-refractivity contribution < 1.29 is 9.78 Å². The van der Waals surface area contributed by atoms with Crippen molar-refractivity contribution in [1.82, 2.24) is 0 Å². The van der Waals surface area contributed by atoms with Gasteiger partial charge in [0.2, 0.25) is 0 Å². The molecule has 1 saturated carbocycles. The van der Waals surface area contributed by atoms with Gasteiger partial charge in [-0.2, -0.15) is 0 Å². The fourth-order valence-electron chi connectivity index (χ4n) is 3.93. The van der Waals surface area contributed by atoms with E-state index in [9.17, 15) is 0 Å². The van der Waals surface area contributed by atoms with Gasteiger partial charge in [0.15, 0.2) is 0 Å². The summed E-state index contributed by atoms with van der Waals surface area (Å²) < 4.78 is 0. The van der Waals surface area contributed by atoms with E-state index in [1.807, 2.05) is 0 Å². The van der Waals surface area contributed by atoms with E-state index in [-0.39, 0.29) is 11.2 Å². The smallest absolute Gasteiger partial charge is 0.101 e. The van der Waals surface area contributed by atoms with Gasteiger partial charge >= 0.3 is 0 Å². The normalized spacial score (nSPS) is 40.7. The lowest BCUT2D eigenvalue weighted by Gasteiger charge is -2.42. The van der Waals surface area contributed by atoms with E-state index >= 15 is 0 Å². The third-order valence-electron chi connectivity index (χ3n) is 5.35. The highest BCUT2D eigenvalue weighted by Crippen LogP contribution is 2.52. The minimum Gasteiger partial charge on any atom is -0.230 e. The zero-order chi connectivity index (χ0) is 13.3. The van der Waals surface area contributed by atoms with Gasteiger partial charge in [-0.05, 0) is 57.8 Å². The van der Waals surface area contributed by atoms with Gasteiger partial charge in [0, 0.05) is 0 Å². The maximum absolute atomic E-state index is 5.87. The minimum absolute atomic E-state index is 0.0930. The van der Waals surface area contributed by atoms with Crippen LogP contribution in [0.15, 0.2) is 0 Å². The largest absolute Gasteiger partial charge is 0.230 e. The summed E-state index contributed by atoms with van der Waals surface area (Å²) >= 11 is 0. The van der Waals surface area contributed by atoms with E-state index in [2.05, 4.69) is 27.7 Å². The average molecular weight is 254 g/mol. The van der Waals surface area contributed by atoms with Crippen molar-refractivity contribution in [2.75, 3.05) is 0 Å². The molecule has 2 rings (SSSR count). The Labute approximate surface area is 112 Å². The van der Waals surface area contributed by atoms with Crippen LogP contribution in [0.4, 0.5) is 0 Å². The predicted molar refractivity (Wildman–Crippen MR) is 74.3 cm³/mol. The van der Waals surface area contributed by atoms with E-state index in [1.165, 1.54) is 44.9 Å². The molecule has 2 unspecified atom stereocenters. The molecule has 0 aromatic heterocycles. The van der Waals surface area contributed by atoms with Gasteiger partial charge < -0.3 is 0 Å². The second-order valence-electron chi connectivity index (χ2n) is 7.19. The fourth-order valence-corrected chi connectivity index (χ4v) is 3.93. The molecule has 0 N–H and O–H groups in total. The molecule has 1 spiro atoms. The summed E-state index contributed by atoms with van der Waals surface area (Å²) in [7, 11) is 0. The molecule has 1 aliphatic carbocycles. The maximum Gasteiger partial charge on any atom is 0.101 e. The predicted octanol–water partition coefficient (Wildman–Crippen LogP) is 5.02. The van der Waals surface area contributed by atoms with Crippen molar-refractivity contribution in [3.63, 3.8) is 0 Å². The van der Waals surface area contributed by atoms with Crippen LogP contribution >= 0.6 is 0 Å². The third-order valence-corrected chi connectivity index (χ3v) is 5.35. The summed E-state index contributed by atoms with van der Waals surface area (Å²) in [5.74, 6) is 0. The Morgan fingerprint density at radius 3 is 1.61 bits per heavy atom. The lowest BCUT2D eigenvalue weighted by atomic mass is 9.63. The maximum atomic E-state index is 5.87. The van der Waals surface area contributed by atoms with Gasteiger partial charge in [0.25, 0.3) is 0 Å². The highest BCUT2D eigenvalue weighted by molar-refractivity contribution is 4.96.